The van der Waals surface area contributed by atoms with Crippen molar-refractivity contribution in [2.24, 2.45) is 4.99 Å². The fourth-order valence-electron chi connectivity index (χ4n) is 2.79. The van der Waals surface area contributed by atoms with Crippen molar-refractivity contribution in [1.29, 1.82) is 0 Å². The van der Waals surface area contributed by atoms with E-state index in [1.54, 1.807) is 36.4 Å². The van der Waals surface area contributed by atoms with Crippen LogP contribution < -0.4 is 10.0 Å². The summed E-state index contributed by atoms with van der Waals surface area (Å²) in [6.45, 7) is 0.459. The molecule has 1 aliphatic rings. The summed E-state index contributed by atoms with van der Waals surface area (Å²) in [6.07, 6.45) is 2.42. The number of amidine groups is 1. The first-order chi connectivity index (χ1) is 13.0. The molecule has 0 atom stereocenters. The number of para-hydroxylation sites is 1. The van der Waals surface area contributed by atoms with Gasteiger partial charge in [0.15, 0.2) is 0 Å². The molecule has 6 nitrogen and oxygen atoms in total. The molecule has 27 heavy (non-hydrogen) atoms. The summed E-state index contributed by atoms with van der Waals surface area (Å²) < 4.78 is 39.9. The molecule has 0 bridgehead atoms. The Labute approximate surface area is 157 Å². The Hall–Kier alpha value is -2.74. The first-order valence-electron chi connectivity index (χ1n) is 8.68. The molecular weight excluding hydrogens is 369 g/mol. The molecule has 0 radical (unpaired) electrons. The Kier molecular flexibility index (Phi) is 5.85. The van der Waals surface area contributed by atoms with Crippen molar-refractivity contribution in [3.63, 3.8) is 0 Å². The molecule has 1 heterocycles. The Bertz CT molecular complexity index is 974. The van der Waals surface area contributed by atoms with Gasteiger partial charge in [0.1, 0.15) is 11.7 Å². The second kappa shape index (κ2) is 8.30. The van der Waals surface area contributed by atoms with Crippen molar-refractivity contribution in [3.05, 3.63) is 59.9 Å². The zero-order chi connectivity index (χ0) is 19.3. The van der Waals surface area contributed by atoms with E-state index in [0.29, 0.717) is 30.8 Å². The maximum absolute atomic E-state index is 13.5. The van der Waals surface area contributed by atoms with Gasteiger partial charge in [-0.3, -0.25) is 14.5 Å². The lowest BCUT2D eigenvalue weighted by atomic mass is 10.1. The first-order valence-corrected chi connectivity index (χ1v) is 10.2. The molecule has 142 valence electrons. The lowest BCUT2D eigenvalue weighted by Crippen LogP contribution is -2.22. The highest BCUT2D eigenvalue weighted by atomic mass is 32.2. The number of amides is 1. The number of hydrogen-bond donors (Lipinski definition) is 2. The summed E-state index contributed by atoms with van der Waals surface area (Å²) in [5.74, 6) is -0.326. The van der Waals surface area contributed by atoms with E-state index in [2.05, 4.69) is 15.0 Å². The number of fused-ring (bicyclic) bond motifs is 1. The maximum atomic E-state index is 13.5. The SMILES string of the molecule is O=C(CCCCCN=C1NS(=O)(=O)c2ccccc21)Nc1ccccc1F. The molecule has 8 heteroatoms. The van der Waals surface area contributed by atoms with Gasteiger partial charge < -0.3 is 5.32 Å². The van der Waals surface area contributed by atoms with Crippen molar-refractivity contribution in [1.82, 2.24) is 4.72 Å². The fraction of sp³-hybridized carbons (Fsp3) is 0.263. The van der Waals surface area contributed by atoms with Crippen LogP contribution in [0.15, 0.2) is 58.4 Å². The number of carbonyl (C=O) groups excluding carboxylic acids is 1. The van der Waals surface area contributed by atoms with Gasteiger partial charge in [0.25, 0.3) is 10.0 Å². The minimum atomic E-state index is -3.51. The Morgan fingerprint density at radius 3 is 2.59 bits per heavy atom. The number of rotatable bonds is 7. The van der Waals surface area contributed by atoms with Crippen molar-refractivity contribution in [2.75, 3.05) is 11.9 Å². The normalized spacial score (nSPS) is 16.0. The third-order valence-electron chi connectivity index (χ3n) is 4.14. The van der Waals surface area contributed by atoms with Gasteiger partial charge in [-0.2, -0.15) is 0 Å². The van der Waals surface area contributed by atoms with Crippen LogP contribution in [0.1, 0.15) is 31.2 Å². The number of unbranched alkanes of at least 4 members (excludes halogenated alkanes) is 2. The minimum Gasteiger partial charge on any atom is -0.324 e. The lowest BCUT2D eigenvalue weighted by molar-refractivity contribution is -0.116. The second-order valence-corrected chi connectivity index (χ2v) is 7.82. The van der Waals surface area contributed by atoms with Crippen LogP contribution >= 0.6 is 0 Å². The Morgan fingerprint density at radius 1 is 1.04 bits per heavy atom. The monoisotopic (exact) mass is 389 g/mol. The summed E-state index contributed by atoms with van der Waals surface area (Å²) in [5.41, 5.74) is 0.767. The van der Waals surface area contributed by atoms with Gasteiger partial charge in [0.05, 0.1) is 10.6 Å². The number of benzene rings is 2. The zero-order valence-corrected chi connectivity index (χ0v) is 15.4. The van der Waals surface area contributed by atoms with Gasteiger partial charge in [0, 0.05) is 18.5 Å². The summed E-state index contributed by atoms with van der Waals surface area (Å²) in [6, 6.07) is 12.8. The molecule has 3 rings (SSSR count). The first kappa shape index (κ1) is 19.0. The number of hydrogen-bond acceptors (Lipinski definition) is 4. The standard InChI is InChI=1S/C19H20FN3O3S/c20-15-9-4-5-10-16(15)22-18(24)12-2-1-7-13-21-19-14-8-3-6-11-17(14)27(25,26)23-19/h3-6,8-11H,1-2,7,12-13H2,(H,21,23)(H,22,24). The molecule has 0 unspecified atom stereocenters. The number of nitrogens with zero attached hydrogens (tertiary/aromatic N) is 1. The van der Waals surface area contributed by atoms with Crippen molar-refractivity contribution < 1.29 is 17.6 Å². The highest BCUT2D eigenvalue weighted by Gasteiger charge is 2.29. The molecule has 2 aromatic rings. The number of carbonyl (C=O) groups is 1. The Morgan fingerprint density at radius 2 is 1.78 bits per heavy atom. The molecule has 2 N–H and O–H groups in total. The fourth-order valence-corrected chi connectivity index (χ4v) is 4.04. The molecule has 1 amide bonds. The topological polar surface area (TPSA) is 87.6 Å². The van der Waals surface area contributed by atoms with Crippen LogP contribution in [0.3, 0.4) is 0 Å². The Balaban J connectivity index is 1.42. The summed E-state index contributed by atoms with van der Waals surface area (Å²) in [7, 11) is -3.51. The third kappa shape index (κ3) is 4.71. The number of anilines is 1. The van der Waals surface area contributed by atoms with Crippen molar-refractivity contribution >= 4 is 27.5 Å². The van der Waals surface area contributed by atoms with E-state index in [9.17, 15) is 17.6 Å². The van der Waals surface area contributed by atoms with Crippen LogP contribution in [0, 0.1) is 5.82 Å². The molecule has 0 saturated carbocycles. The predicted molar refractivity (Wildman–Crippen MR) is 102 cm³/mol. The summed E-state index contributed by atoms with van der Waals surface area (Å²) in [4.78, 5) is 16.4. The van der Waals surface area contributed by atoms with Gasteiger partial charge in [-0.15, -0.1) is 0 Å². The van der Waals surface area contributed by atoms with Crippen LogP contribution in [0.25, 0.3) is 0 Å². The molecule has 0 fully saturated rings. The largest absolute Gasteiger partial charge is 0.324 e. The number of nitrogens with one attached hydrogen (secondary N) is 2. The van der Waals surface area contributed by atoms with Gasteiger partial charge in [-0.1, -0.05) is 30.7 Å². The number of halogens is 1. The van der Waals surface area contributed by atoms with Crippen molar-refractivity contribution in [2.45, 2.75) is 30.6 Å². The highest BCUT2D eigenvalue weighted by molar-refractivity contribution is 7.90. The predicted octanol–water partition coefficient (Wildman–Crippen LogP) is 3.06. The van der Waals surface area contributed by atoms with E-state index in [1.807, 2.05) is 0 Å². The van der Waals surface area contributed by atoms with Crippen LogP contribution in [0.2, 0.25) is 0 Å². The summed E-state index contributed by atoms with van der Waals surface area (Å²) in [5, 5.41) is 2.55. The minimum absolute atomic E-state index is 0.182. The molecule has 1 aliphatic heterocycles. The van der Waals surface area contributed by atoms with Crippen LogP contribution in [-0.4, -0.2) is 26.7 Å². The second-order valence-electron chi connectivity index (χ2n) is 6.17. The lowest BCUT2D eigenvalue weighted by Gasteiger charge is -2.06. The maximum Gasteiger partial charge on any atom is 0.263 e. The van der Waals surface area contributed by atoms with E-state index in [4.69, 9.17) is 0 Å². The van der Waals surface area contributed by atoms with Crippen LogP contribution in [-0.2, 0) is 14.8 Å². The molecule has 2 aromatic carbocycles. The number of aliphatic imine (C=N–C) groups is 1. The quantitative estimate of drug-likeness (QED) is 0.714. The number of sulfonamides is 1. The van der Waals surface area contributed by atoms with Gasteiger partial charge in [0.2, 0.25) is 5.91 Å². The molecule has 0 aliphatic carbocycles. The molecular formula is C19H20FN3O3S. The average molecular weight is 389 g/mol. The van der Waals surface area contributed by atoms with E-state index in [-0.39, 0.29) is 16.5 Å². The zero-order valence-electron chi connectivity index (χ0n) is 14.6. The average Bonchev–Trinajstić information content (AvgIpc) is 2.91. The van der Waals surface area contributed by atoms with Crippen LogP contribution in [0.5, 0.6) is 0 Å². The van der Waals surface area contributed by atoms with Gasteiger partial charge >= 0.3 is 0 Å². The van der Waals surface area contributed by atoms with Crippen molar-refractivity contribution in [3.8, 4) is 0 Å². The van der Waals surface area contributed by atoms with Crippen LogP contribution in [0.4, 0.5) is 10.1 Å². The van der Waals surface area contributed by atoms with Gasteiger partial charge in [-0.05, 0) is 37.1 Å². The smallest absolute Gasteiger partial charge is 0.263 e. The summed E-state index contributed by atoms with van der Waals surface area (Å²) >= 11 is 0. The van der Waals surface area contributed by atoms with E-state index < -0.39 is 15.8 Å². The van der Waals surface area contributed by atoms with E-state index in [1.165, 1.54) is 12.1 Å². The molecule has 0 saturated heterocycles. The molecule has 0 aromatic heterocycles. The van der Waals surface area contributed by atoms with Gasteiger partial charge in [-0.25, -0.2) is 12.8 Å². The van der Waals surface area contributed by atoms with E-state index >= 15 is 0 Å². The van der Waals surface area contributed by atoms with E-state index in [0.717, 1.165) is 12.8 Å². The molecule has 0 spiro atoms. The highest BCUT2D eigenvalue weighted by Crippen LogP contribution is 2.22. The third-order valence-corrected chi connectivity index (χ3v) is 5.54.